The van der Waals surface area contributed by atoms with Gasteiger partial charge in [-0.15, -0.1) is 10.2 Å². The zero-order valence-electron chi connectivity index (χ0n) is 24.4. The minimum Gasteiger partial charge on any atom is -0.493 e. The highest BCUT2D eigenvalue weighted by Gasteiger charge is 2.32. The molecular weight excluding hydrogens is 671 g/mol. The van der Waals surface area contributed by atoms with Crippen molar-refractivity contribution in [2.45, 2.75) is 29.3 Å². The minimum atomic E-state index is -3.75. The van der Waals surface area contributed by atoms with Crippen molar-refractivity contribution in [3.8, 4) is 22.9 Å². The van der Waals surface area contributed by atoms with Crippen LogP contribution in [-0.4, -0.2) is 59.5 Å². The largest absolute Gasteiger partial charge is 0.493 e. The molecule has 0 aliphatic carbocycles. The zero-order valence-corrected chi connectivity index (χ0v) is 27.6. The third-order valence-electron chi connectivity index (χ3n) is 6.97. The molecule has 0 spiro atoms. The second-order valence-corrected chi connectivity index (χ2v) is 13.9. The molecule has 0 atom stereocenters. The van der Waals surface area contributed by atoms with Crippen molar-refractivity contribution in [2.75, 3.05) is 26.5 Å². The third-order valence-corrected chi connectivity index (χ3v) is 9.79. The molecule has 10 nitrogen and oxygen atoms in total. The lowest BCUT2D eigenvalue weighted by Crippen LogP contribution is -2.26. The molecule has 14 heteroatoms. The number of ether oxygens (including phenoxy) is 2. The molecule has 2 heterocycles. The van der Waals surface area contributed by atoms with Gasteiger partial charge in [0, 0.05) is 24.2 Å². The van der Waals surface area contributed by atoms with Crippen LogP contribution in [0.15, 0.2) is 93.6 Å². The standard InChI is InChI=1S/C30H30BrFN6O4S2/c1-30(2,20-5-14-26(41-3)27(17-20)42-4)28-35-36-29(38(28)24-8-6-22(32)7-9-24)43-16-15-34-44(39,40)25-12-10-23(11-13-25)37-19-21(31)18-33-37/h5-14,17-19,34H,15-16H2,1-4H3. The van der Waals surface area contributed by atoms with Gasteiger partial charge in [-0.25, -0.2) is 22.2 Å². The number of halogens is 2. The Balaban J connectivity index is 1.35. The first-order valence-electron chi connectivity index (χ1n) is 13.4. The summed E-state index contributed by atoms with van der Waals surface area (Å²) in [4.78, 5) is 0.144. The minimum absolute atomic E-state index is 0.144. The van der Waals surface area contributed by atoms with Gasteiger partial charge in [0.05, 0.1) is 40.9 Å². The van der Waals surface area contributed by atoms with Crippen molar-refractivity contribution in [3.63, 3.8) is 0 Å². The van der Waals surface area contributed by atoms with Gasteiger partial charge in [-0.05, 0) is 96.0 Å². The van der Waals surface area contributed by atoms with E-state index < -0.39 is 15.4 Å². The molecule has 0 bridgehead atoms. The summed E-state index contributed by atoms with van der Waals surface area (Å²) in [5, 5.41) is 13.7. The Morgan fingerprint density at radius 2 is 1.64 bits per heavy atom. The van der Waals surface area contributed by atoms with E-state index >= 15 is 0 Å². The van der Waals surface area contributed by atoms with Gasteiger partial charge in [-0.3, -0.25) is 4.57 Å². The maximum atomic E-state index is 13.8. The Bertz CT molecular complexity index is 1860. The van der Waals surface area contributed by atoms with E-state index in [4.69, 9.17) is 9.47 Å². The number of thioether (sulfide) groups is 1. The average molecular weight is 702 g/mol. The van der Waals surface area contributed by atoms with E-state index in [0.717, 1.165) is 15.7 Å². The lowest BCUT2D eigenvalue weighted by atomic mass is 9.83. The number of benzene rings is 3. The summed E-state index contributed by atoms with van der Waals surface area (Å²) in [6, 6.07) is 18.2. The fourth-order valence-electron chi connectivity index (χ4n) is 4.57. The van der Waals surface area contributed by atoms with E-state index in [9.17, 15) is 12.8 Å². The van der Waals surface area contributed by atoms with Gasteiger partial charge in [0.15, 0.2) is 16.7 Å². The van der Waals surface area contributed by atoms with Gasteiger partial charge in [0.1, 0.15) is 11.6 Å². The van der Waals surface area contributed by atoms with Crippen molar-refractivity contribution >= 4 is 37.7 Å². The summed E-state index contributed by atoms with van der Waals surface area (Å²) in [5.41, 5.74) is 1.66. The lowest BCUT2D eigenvalue weighted by molar-refractivity contribution is 0.353. The van der Waals surface area contributed by atoms with Crippen LogP contribution in [-0.2, 0) is 15.4 Å². The Kier molecular flexibility index (Phi) is 9.44. The summed E-state index contributed by atoms with van der Waals surface area (Å²) in [6.45, 7) is 4.17. The van der Waals surface area contributed by atoms with Gasteiger partial charge in [-0.2, -0.15) is 5.10 Å². The SMILES string of the molecule is COc1ccc(C(C)(C)c2nnc(SCCNS(=O)(=O)c3ccc(-n4cc(Br)cn4)cc3)n2-c2ccc(F)cc2)cc1OC. The fraction of sp³-hybridized carbons (Fsp3) is 0.233. The van der Waals surface area contributed by atoms with Crippen LogP contribution < -0.4 is 14.2 Å². The number of nitrogens with one attached hydrogen (secondary N) is 1. The second-order valence-electron chi connectivity index (χ2n) is 10.2. The number of rotatable bonds is 12. The van der Waals surface area contributed by atoms with Gasteiger partial charge >= 0.3 is 0 Å². The first-order chi connectivity index (χ1) is 21.0. The van der Waals surface area contributed by atoms with Gasteiger partial charge < -0.3 is 9.47 Å². The van der Waals surface area contributed by atoms with E-state index in [1.165, 1.54) is 36.0 Å². The Hall–Kier alpha value is -3.72. The Morgan fingerprint density at radius 1 is 0.955 bits per heavy atom. The molecule has 230 valence electrons. The predicted molar refractivity (Wildman–Crippen MR) is 170 cm³/mol. The molecule has 0 aliphatic rings. The number of aromatic nitrogens is 5. The molecule has 0 radical (unpaired) electrons. The van der Waals surface area contributed by atoms with E-state index in [2.05, 4.69) is 35.9 Å². The molecule has 0 aliphatic heterocycles. The average Bonchev–Trinajstić information content (AvgIpc) is 3.66. The van der Waals surface area contributed by atoms with Crippen molar-refractivity contribution in [1.82, 2.24) is 29.3 Å². The van der Waals surface area contributed by atoms with Crippen LogP contribution in [0.5, 0.6) is 11.5 Å². The van der Waals surface area contributed by atoms with Crippen molar-refractivity contribution < 1.29 is 22.3 Å². The molecule has 5 aromatic rings. The van der Waals surface area contributed by atoms with Crippen molar-refractivity contribution in [3.05, 3.63) is 101 Å². The molecule has 3 aromatic carbocycles. The van der Waals surface area contributed by atoms with Crippen molar-refractivity contribution in [2.24, 2.45) is 0 Å². The molecule has 0 saturated heterocycles. The molecule has 0 saturated carbocycles. The molecule has 5 rings (SSSR count). The zero-order chi connectivity index (χ0) is 31.5. The second kappa shape index (κ2) is 13.1. The maximum Gasteiger partial charge on any atom is 0.240 e. The summed E-state index contributed by atoms with van der Waals surface area (Å²) in [5.74, 6) is 1.81. The van der Waals surface area contributed by atoms with Crippen LogP contribution in [0.1, 0.15) is 25.2 Å². The van der Waals surface area contributed by atoms with Crippen molar-refractivity contribution in [1.29, 1.82) is 0 Å². The van der Waals surface area contributed by atoms with Gasteiger partial charge in [0.25, 0.3) is 0 Å². The predicted octanol–water partition coefficient (Wildman–Crippen LogP) is 5.77. The summed E-state index contributed by atoms with van der Waals surface area (Å²) < 4.78 is 57.7. The quantitative estimate of drug-likeness (QED) is 0.129. The highest BCUT2D eigenvalue weighted by atomic mass is 79.9. The molecule has 0 fully saturated rings. The summed E-state index contributed by atoms with van der Waals surface area (Å²) in [6.07, 6.45) is 3.44. The highest BCUT2D eigenvalue weighted by Crippen LogP contribution is 2.38. The monoisotopic (exact) mass is 700 g/mol. The number of sulfonamides is 1. The third kappa shape index (κ3) is 6.67. The lowest BCUT2D eigenvalue weighted by Gasteiger charge is -2.26. The molecule has 44 heavy (non-hydrogen) atoms. The van der Waals surface area contributed by atoms with E-state index in [1.54, 1.807) is 55.6 Å². The van der Waals surface area contributed by atoms with Crippen LogP contribution in [0.3, 0.4) is 0 Å². The van der Waals surface area contributed by atoms with Gasteiger partial charge in [0.2, 0.25) is 10.0 Å². The summed E-state index contributed by atoms with van der Waals surface area (Å²) in [7, 11) is -0.595. The first kappa shape index (κ1) is 31.7. The van der Waals surface area contributed by atoms with Crippen LogP contribution in [0, 0.1) is 5.82 Å². The fourth-order valence-corrected chi connectivity index (χ4v) is 6.82. The Labute approximate surface area is 267 Å². The van der Waals surface area contributed by atoms with Crippen LogP contribution >= 0.6 is 27.7 Å². The number of methoxy groups -OCH3 is 2. The number of hydrogen-bond acceptors (Lipinski definition) is 8. The normalized spacial score (nSPS) is 12.0. The first-order valence-corrected chi connectivity index (χ1v) is 16.7. The van der Waals surface area contributed by atoms with Gasteiger partial charge in [-0.1, -0.05) is 17.8 Å². The summed E-state index contributed by atoms with van der Waals surface area (Å²) >= 11 is 4.69. The number of nitrogens with zero attached hydrogens (tertiary/aromatic N) is 5. The molecular formula is C30H30BrFN6O4S2. The van der Waals surface area contributed by atoms with E-state index in [1.807, 2.05) is 36.6 Å². The van der Waals surface area contributed by atoms with Crippen LogP contribution in [0.25, 0.3) is 11.4 Å². The van der Waals surface area contributed by atoms with Crippen LogP contribution in [0.2, 0.25) is 0 Å². The molecule has 1 N–H and O–H groups in total. The molecule has 0 amide bonds. The topological polar surface area (TPSA) is 113 Å². The highest BCUT2D eigenvalue weighted by molar-refractivity contribution is 9.10. The molecule has 0 unspecified atom stereocenters. The Morgan fingerprint density at radius 3 is 2.27 bits per heavy atom. The maximum absolute atomic E-state index is 13.8. The van der Waals surface area contributed by atoms with Crippen LogP contribution in [0.4, 0.5) is 4.39 Å². The number of hydrogen-bond donors (Lipinski definition) is 1. The smallest absolute Gasteiger partial charge is 0.240 e. The van der Waals surface area contributed by atoms with E-state index in [-0.39, 0.29) is 17.3 Å². The van der Waals surface area contributed by atoms with E-state index in [0.29, 0.717) is 33.9 Å². The molecule has 2 aromatic heterocycles.